The molecule has 0 aromatic heterocycles. The largest absolute Gasteiger partial charge is 0.303 e. The van der Waals surface area contributed by atoms with Gasteiger partial charge in [0.15, 0.2) is 0 Å². The molecule has 0 saturated carbocycles. The lowest BCUT2D eigenvalue weighted by molar-refractivity contribution is -0.110. The number of nitrogens with one attached hydrogen (secondary N) is 2. The lowest BCUT2D eigenvalue weighted by atomic mass is 10.2. The molecule has 0 saturated heterocycles. The van der Waals surface area contributed by atoms with Gasteiger partial charge in [0.05, 0.1) is 0 Å². The lowest BCUT2D eigenvalue weighted by Crippen LogP contribution is -2.29. The minimum absolute atomic E-state index is 0.658. The van der Waals surface area contributed by atoms with Crippen molar-refractivity contribution in [3.05, 3.63) is 11.8 Å². The first-order valence-corrected chi connectivity index (χ1v) is 4.07. The lowest BCUT2D eigenvalue weighted by Gasteiger charge is -2.06. The normalized spacial score (nSPS) is 18.0. The van der Waals surface area contributed by atoms with Gasteiger partial charge in [-0.25, -0.2) is 0 Å². The predicted octanol–water partition coefficient (Wildman–Crippen LogP) is 1.08. The molecule has 3 nitrogen and oxygen atoms in total. The highest BCUT2D eigenvalue weighted by molar-refractivity contribution is 5.45. The Kier molecular flexibility index (Phi) is 3.52. The monoisotopic (exact) mass is 154 g/mol. The molecule has 3 heteroatoms. The average Bonchev–Trinajstić information content (AvgIpc) is 2.28. The van der Waals surface area contributed by atoms with Crippen molar-refractivity contribution in [3.63, 3.8) is 0 Å². The van der Waals surface area contributed by atoms with Gasteiger partial charge in [-0.2, -0.15) is 0 Å². The zero-order chi connectivity index (χ0) is 7.94. The van der Waals surface area contributed by atoms with E-state index in [0.717, 1.165) is 18.5 Å². The van der Waals surface area contributed by atoms with Crippen LogP contribution in [0.4, 0.5) is 0 Å². The number of carbonyl (C=O) groups is 1. The first-order chi connectivity index (χ1) is 5.43. The molecule has 1 rings (SSSR count). The third-order valence-electron chi connectivity index (χ3n) is 1.83. The molecule has 0 aromatic rings. The van der Waals surface area contributed by atoms with Gasteiger partial charge in [0, 0.05) is 5.70 Å². The molecule has 1 amide bonds. The van der Waals surface area contributed by atoms with Gasteiger partial charge in [0.25, 0.3) is 0 Å². The van der Waals surface area contributed by atoms with E-state index in [1.807, 2.05) is 0 Å². The average molecular weight is 154 g/mol. The smallest absolute Gasteiger partial charge is 0.225 e. The summed E-state index contributed by atoms with van der Waals surface area (Å²) in [5.41, 5.74) is 6.45. The highest BCUT2D eigenvalue weighted by atomic mass is 16.1. The van der Waals surface area contributed by atoms with Crippen molar-refractivity contribution in [2.45, 2.75) is 32.1 Å². The van der Waals surface area contributed by atoms with Crippen LogP contribution in [0.5, 0.6) is 0 Å². The second-order valence-electron chi connectivity index (χ2n) is 2.72. The second-order valence-corrected chi connectivity index (χ2v) is 2.72. The van der Waals surface area contributed by atoms with Crippen LogP contribution in [0, 0.1) is 0 Å². The Hall–Kier alpha value is -0.990. The molecule has 0 atom stereocenters. The van der Waals surface area contributed by atoms with Gasteiger partial charge in [-0.3, -0.25) is 10.2 Å². The van der Waals surface area contributed by atoms with Crippen molar-refractivity contribution < 1.29 is 4.79 Å². The topological polar surface area (TPSA) is 41.1 Å². The SMILES string of the molecule is O=CNNC1=CCCCCC1. The van der Waals surface area contributed by atoms with E-state index in [2.05, 4.69) is 16.9 Å². The standard InChI is InChI=1S/C8H14N2O/c11-7-9-10-8-5-3-1-2-4-6-8/h5,7,10H,1-4,6H2,(H,9,11). The minimum atomic E-state index is 0.658. The third kappa shape index (κ3) is 3.07. The molecule has 0 aliphatic heterocycles. The van der Waals surface area contributed by atoms with Crippen LogP contribution in [0.25, 0.3) is 0 Å². The Morgan fingerprint density at radius 3 is 3.09 bits per heavy atom. The van der Waals surface area contributed by atoms with Gasteiger partial charge in [0.1, 0.15) is 0 Å². The zero-order valence-electron chi connectivity index (χ0n) is 6.60. The van der Waals surface area contributed by atoms with Crippen LogP contribution in [0.3, 0.4) is 0 Å². The molecule has 0 aromatic carbocycles. The van der Waals surface area contributed by atoms with Crippen LogP contribution in [-0.2, 0) is 4.79 Å². The molecule has 0 radical (unpaired) electrons. The van der Waals surface area contributed by atoms with Crippen LogP contribution in [0.15, 0.2) is 11.8 Å². The number of amides is 1. The maximum atomic E-state index is 9.93. The summed E-state index contributed by atoms with van der Waals surface area (Å²) in [6.07, 6.45) is 8.79. The van der Waals surface area contributed by atoms with Gasteiger partial charge in [0.2, 0.25) is 6.41 Å². The van der Waals surface area contributed by atoms with Crippen molar-refractivity contribution in [1.82, 2.24) is 10.9 Å². The Balaban J connectivity index is 2.28. The van der Waals surface area contributed by atoms with E-state index in [9.17, 15) is 4.79 Å². The molecular weight excluding hydrogens is 140 g/mol. The molecule has 11 heavy (non-hydrogen) atoms. The maximum absolute atomic E-state index is 9.93. The summed E-state index contributed by atoms with van der Waals surface area (Å²) in [6, 6.07) is 0. The Labute approximate surface area is 66.8 Å². The predicted molar refractivity (Wildman–Crippen MR) is 43.5 cm³/mol. The number of hydrogen-bond acceptors (Lipinski definition) is 2. The Morgan fingerprint density at radius 1 is 1.36 bits per heavy atom. The summed E-state index contributed by atoms with van der Waals surface area (Å²) in [6.45, 7) is 0. The summed E-state index contributed by atoms with van der Waals surface area (Å²) in [5, 5.41) is 0. The third-order valence-corrected chi connectivity index (χ3v) is 1.83. The van der Waals surface area contributed by atoms with Crippen LogP contribution in [-0.4, -0.2) is 6.41 Å². The van der Waals surface area contributed by atoms with Crippen LogP contribution >= 0.6 is 0 Å². The first-order valence-electron chi connectivity index (χ1n) is 4.07. The fraction of sp³-hybridized carbons (Fsp3) is 0.625. The first kappa shape index (κ1) is 8.11. The quantitative estimate of drug-likeness (QED) is 0.472. The summed E-state index contributed by atoms with van der Waals surface area (Å²) in [5.74, 6) is 0. The molecule has 1 aliphatic carbocycles. The van der Waals surface area contributed by atoms with Crippen molar-refractivity contribution in [3.8, 4) is 0 Å². The Bertz CT molecular complexity index is 154. The molecule has 2 N–H and O–H groups in total. The zero-order valence-corrected chi connectivity index (χ0v) is 6.60. The van der Waals surface area contributed by atoms with Gasteiger partial charge in [-0.15, -0.1) is 0 Å². The van der Waals surface area contributed by atoms with Gasteiger partial charge >= 0.3 is 0 Å². The maximum Gasteiger partial charge on any atom is 0.225 e. The Morgan fingerprint density at radius 2 is 2.27 bits per heavy atom. The molecule has 0 fully saturated rings. The van der Waals surface area contributed by atoms with Crippen LogP contribution in [0.1, 0.15) is 32.1 Å². The molecule has 0 bridgehead atoms. The van der Waals surface area contributed by atoms with E-state index in [1.165, 1.54) is 19.3 Å². The van der Waals surface area contributed by atoms with Crippen molar-refractivity contribution in [2.75, 3.05) is 0 Å². The molecule has 0 heterocycles. The summed E-state index contributed by atoms with van der Waals surface area (Å²) < 4.78 is 0. The van der Waals surface area contributed by atoms with Crippen LogP contribution in [0.2, 0.25) is 0 Å². The minimum Gasteiger partial charge on any atom is -0.303 e. The van der Waals surface area contributed by atoms with Crippen molar-refractivity contribution in [2.24, 2.45) is 0 Å². The number of hydrogen-bond donors (Lipinski definition) is 2. The fourth-order valence-electron chi connectivity index (χ4n) is 1.25. The molecule has 62 valence electrons. The highest BCUT2D eigenvalue weighted by Crippen LogP contribution is 2.14. The second kappa shape index (κ2) is 4.77. The molecule has 0 unspecified atom stereocenters. The van der Waals surface area contributed by atoms with Gasteiger partial charge in [-0.05, 0) is 25.7 Å². The summed E-state index contributed by atoms with van der Waals surface area (Å²) >= 11 is 0. The summed E-state index contributed by atoms with van der Waals surface area (Å²) in [4.78, 5) is 9.93. The van der Waals surface area contributed by atoms with Crippen molar-refractivity contribution in [1.29, 1.82) is 0 Å². The van der Waals surface area contributed by atoms with Crippen molar-refractivity contribution >= 4 is 6.41 Å². The van der Waals surface area contributed by atoms with E-state index in [1.54, 1.807) is 0 Å². The van der Waals surface area contributed by atoms with E-state index in [4.69, 9.17) is 0 Å². The number of rotatable bonds is 3. The van der Waals surface area contributed by atoms with E-state index in [-0.39, 0.29) is 0 Å². The molecular formula is C8H14N2O. The van der Waals surface area contributed by atoms with E-state index < -0.39 is 0 Å². The number of allylic oxidation sites excluding steroid dienone is 2. The fourth-order valence-corrected chi connectivity index (χ4v) is 1.25. The van der Waals surface area contributed by atoms with Gasteiger partial charge in [-0.1, -0.05) is 12.5 Å². The van der Waals surface area contributed by atoms with E-state index in [0.29, 0.717) is 6.41 Å². The van der Waals surface area contributed by atoms with E-state index >= 15 is 0 Å². The van der Waals surface area contributed by atoms with Gasteiger partial charge < -0.3 is 5.43 Å². The van der Waals surface area contributed by atoms with Crippen LogP contribution < -0.4 is 10.9 Å². The summed E-state index contributed by atoms with van der Waals surface area (Å²) in [7, 11) is 0. The highest BCUT2D eigenvalue weighted by Gasteiger charge is 2.00. The molecule has 0 spiro atoms. The number of hydrazine groups is 1. The number of carbonyl (C=O) groups excluding carboxylic acids is 1. The molecule has 1 aliphatic rings.